The first-order valence-electron chi connectivity index (χ1n) is 6.53. The van der Waals surface area contributed by atoms with Gasteiger partial charge >= 0.3 is 0 Å². The summed E-state index contributed by atoms with van der Waals surface area (Å²) in [5.41, 5.74) is 2.50. The van der Waals surface area contributed by atoms with E-state index in [2.05, 4.69) is 10.3 Å². The van der Waals surface area contributed by atoms with Gasteiger partial charge in [0.25, 0.3) is 0 Å². The van der Waals surface area contributed by atoms with Crippen molar-refractivity contribution in [2.24, 2.45) is 0 Å². The zero-order valence-electron chi connectivity index (χ0n) is 10.3. The summed E-state index contributed by atoms with van der Waals surface area (Å²) < 4.78 is 5.64. The van der Waals surface area contributed by atoms with Crippen molar-refractivity contribution in [3.8, 4) is 0 Å². The Balaban J connectivity index is 1.90. The summed E-state index contributed by atoms with van der Waals surface area (Å²) in [5.74, 6) is 0.887. The lowest BCUT2D eigenvalue weighted by Crippen LogP contribution is -2.23. The Labute approximate surface area is 102 Å². The summed E-state index contributed by atoms with van der Waals surface area (Å²) in [4.78, 5) is 9.21. The van der Waals surface area contributed by atoms with Gasteiger partial charge in [-0.2, -0.15) is 0 Å². The zero-order chi connectivity index (χ0) is 11.7. The molecule has 1 saturated heterocycles. The molecule has 0 spiro atoms. The molecule has 2 aliphatic rings. The number of aromatic nitrogens is 2. The van der Waals surface area contributed by atoms with Gasteiger partial charge in [0, 0.05) is 30.1 Å². The smallest absolute Gasteiger partial charge is 0.157 e. The molecule has 2 unspecified atom stereocenters. The van der Waals surface area contributed by atoms with Crippen molar-refractivity contribution in [2.75, 3.05) is 13.7 Å². The van der Waals surface area contributed by atoms with Crippen molar-refractivity contribution in [3.05, 3.63) is 23.3 Å². The third-order valence-electron chi connectivity index (χ3n) is 3.77. The second kappa shape index (κ2) is 4.70. The van der Waals surface area contributed by atoms with Crippen molar-refractivity contribution in [1.29, 1.82) is 0 Å². The molecule has 0 aromatic carbocycles. The Kier molecular flexibility index (Phi) is 3.07. The highest BCUT2D eigenvalue weighted by molar-refractivity contribution is 5.25. The molecule has 0 bridgehead atoms. The van der Waals surface area contributed by atoms with Crippen molar-refractivity contribution in [2.45, 2.75) is 44.2 Å². The molecule has 1 aromatic rings. The van der Waals surface area contributed by atoms with E-state index in [-0.39, 0.29) is 6.10 Å². The van der Waals surface area contributed by atoms with Gasteiger partial charge in [0.15, 0.2) is 5.82 Å². The minimum atomic E-state index is 0.135. The normalized spacial score (nSPS) is 28.1. The first-order chi connectivity index (χ1) is 8.38. The van der Waals surface area contributed by atoms with Gasteiger partial charge in [-0.1, -0.05) is 0 Å². The first-order valence-corrected chi connectivity index (χ1v) is 6.53. The first kappa shape index (κ1) is 11.1. The van der Waals surface area contributed by atoms with Crippen molar-refractivity contribution >= 4 is 0 Å². The van der Waals surface area contributed by atoms with Crippen LogP contribution in [-0.4, -0.2) is 23.6 Å². The summed E-state index contributed by atoms with van der Waals surface area (Å²) in [6, 6.07) is 0.428. The van der Waals surface area contributed by atoms with Crippen LogP contribution in [0.2, 0.25) is 0 Å². The second-order valence-electron chi connectivity index (χ2n) is 4.87. The lowest BCUT2D eigenvalue weighted by molar-refractivity contribution is 0.104. The van der Waals surface area contributed by atoms with Gasteiger partial charge < -0.3 is 10.1 Å². The minimum Gasteiger partial charge on any atom is -0.370 e. The van der Waals surface area contributed by atoms with Crippen LogP contribution in [0.4, 0.5) is 0 Å². The Bertz CT molecular complexity index is 402. The monoisotopic (exact) mass is 233 g/mol. The number of nitrogens with one attached hydrogen (secondary N) is 1. The fourth-order valence-corrected chi connectivity index (χ4v) is 2.80. The Hall–Kier alpha value is -1.00. The molecule has 1 aliphatic carbocycles. The molecule has 2 atom stereocenters. The molecule has 1 fully saturated rings. The van der Waals surface area contributed by atoms with Crippen LogP contribution in [-0.2, 0) is 11.2 Å². The summed E-state index contributed by atoms with van der Waals surface area (Å²) in [5, 5.41) is 3.34. The van der Waals surface area contributed by atoms with E-state index in [0.717, 1.165) is 31.7 Å². The van der Waals surface area contributed by atoms with Gasteiger partial charge in [0.2, 0.25) is 0 Å². The van der Waals surface area contributed by atoms with Crippen molar-refractivity contribution in [1.82, 2.24) is 15.3 Å². The molecule has 0 saturated carbocycles. The molecule has 3 rings (SSSR count). The van der Waals surface area contributed by atoms with Gasteiger partial charge in [-0.05, 0) is 39.2 Å². The maximum Gasteiger partial charge on any atom is 0.157 e. The zero-order valence-corrected chi connectivity index (χ0v) is 10.3. The molecule has 0 amide bonds. The maximum absolute atomic E-state index is 5.64. The number of aryl methyl sites for hydroxylation is 1. The third-order valence-corrected chi connectivity index (χ3v) is 3.77. The second-order valence-corrected chi connectivity index (χ2v) is 4.87. The van der Waals surface area contributed by atoms with Gasteiger partial charge in [-0.3, -0.25) is 0 Å². The average molecular weight is 233 g/mol. The van der Waals surface area contributed by atoms with Crippen LogP contribution in [0.25, 0.3) is 0 Å². The number of hydrogen-bond donors (Lipinski definition) is 1. The highest BCUT2D eigenvalue weighted by atomic mass is 16.5. The fraction of sp³-hybridized carbons (Fsp3) is 0.692. The largest absolute Gasteiger partial charge is 0.370 e. The van der Waals surface area contributed by atoms with Crippen LogP contribution < -0.4 is 5.32 Å². The molecular formula is C13H19N3O. The van der Waals surface area contributed by atoms with E-state index in [1.807, 2.05) is 13.2 Å². The van der Waals surface area contributed by atoms with E-state index in [0.29, 0.717) is 6.04 Å². The summed E-state index contributed by atoms with van der Waals surface area (Å²) in [6.07, 6.45) is 7.80. The van der Waals surface area contributed by atoms with Gasteiger partial charge in [0.05, 0.1) is 0 Å². The molecule has 92 valence electrons. The lowest BCUT2D eigenvalue weighted by atomic mass is 9.92. The quantitative estimate of drug-likeness (QED) is 0.848. The fourth-order valence-electron chi connectivity index (χ4n) is 2.80. The number of ether oxygens (including phenoxy) is 1. The Morgan fingerprint density at radius 3 is 3.06 bits per heavy atom. The molecule has 4 nitrogen and oxygen atoms in total. The van der Waals surface area contributed by atoms with E-state index in [4.69, 9.17) is 9.72 Å². The average Bonchev–Trinajstić information content (AvgIpc) is 2.91. The van der Waals surface area contributed by atoms with E-state index in [1.165, 1.54) is 24.1 Å². The van der Waals surface area contributed by atoms with E-state index in [9.17, 15) is 0 Å². The molecule has 2 heterocycles. The summed E-state index contributed by atoms with van der Waals surface area (Å²) >= 11 is 0. The number of rotatable bonds is 2. The Morgan fingerprint density at radius 1 is 1.35 bits per heavy atom. The highest BCUT2D eigenvalue weighted by Gasteiger charge is 2.25. The number of fused-ring (bicyclic) bond motifs is 1. The summed E-state index contributed by atoms with van der Waals surface area (Å²) in [6.45, 7) is 0.851. The van der Waals surface area contributed by atoms with E-state index in [1.54, 1.807) is 0 Å². The van der Waals surface area contributed by atoms with Crippen molar-refractivity contribution in [3.63, 3.8) is 0 Å². The Morgan fingerprint density at radius 2 is 2.29 bits per heavy atom. The molecule has 1 N–H and O–H groups in total. The maximum atomic E-state index is 5.64. The SMILES string of the molecule is CNC1CCCc2nc(C3CCCO3)ncc21. The summed E-state index contributed by atoms with van der Waals surface area (Å²) in [7, 11) is 2.01. The van der Waals surface area contributed by atoms with Crippen LogP contribution in [0.1, 0.15) is 54.9 Å². The van der Waals surface area contributed by atoms with E-state index >= 15 is 0 Å². The minimum absolute atomic E-state index is 0.135. The van der Waals surface area contributed by atoms with Gasteiger partial charge in [0.1, 0.15) is 6.10 Å². The lowest BCUT2D eigenvalue weighted by Gasteiger charge is -2.24. The van der Waals surface area contributed by atoms with Crippen LogP contribution in [0.15, 0.2) is 6.20 Å². The highest BCUT2D eigenvalue weighted by Crippen LogP contribution is 2.31. The van der Waals surface area contributed by atoms with Crippen LogP contribution >= 0.6 is 0 Å². The molecule has 1 aromatic heterocycles. The van der Waals surface area contributed by atoms with E-state index < -0.39 is 0 Å². The predicted octanol–water partition coefficient (Wildman–Crippen LogP) is 1.92. The predicted molar refractivity (Wildman–Crippen MR) is 64.7 cm³/mol. The number of nitrogens with zero attached hydrogens (tertiary/aromatic N) is 2. The molecule has 1 aliphatic heterocycles. The van der Waals surface area contributed by atoms with Gasteiger partial charge in [-0.25, -0.2) is 9.97 Å². The molecule has 17 heavy (non-hydrogen) atoms. The molecule has 0 radical (unpaired) electrons. The van der Waals surface area contributed by atoms with Crippen LogP contribution in [0.3, 0.4) is 0 Å². The standard InChI is InChI=1S/C13H19N3O/c1-14-10-4-2-5-11-9(10)8-15-13(16-11)12-6-3-7-17-12/h8,10,12,14H,2-7H2,1H3. The third kappa shape index (κ3) is 2.07. The molecule has 4 heteroatoms. The van der Waals surface area contributed by atoms with Crippen LogP contribution in [0, 0.1) is 0 Å². The topological polar surface area (TPSA) is 47.0 Å². The number of hydrogen-bond acceptors (Lipinski definition) is 4. The van der Waals surface area contributed by atoms with Gasteiger partial charge in [-0.15, -0.1) is 0 Å². The van der Waals surface area contributed by atoms with Crippen LogP contribution in [0.5, 0.6) is 0 Å². The molecular weight excluding hydrogens is 214 g/mol. The van der Waals surface area contributed by atoms with Crippen molar-refractivity contribution < 1.29 is 4.74 Å².